The zero-order chi connectivity index (χ0) is 18.6. The molecule has 1 saturated heterocycles. The summed E-state index contributed by atoms with van der Waals surface area (Å²) in [5.41, 5.74) is 6.46. The minimum Gasteiger partial charge on any atom is -0.495 e. The van der Waals surface area contributed by atoms with Gasteiger partial charge in [-0.3, -0.25) is 9.69 Å². The first kappa shape index (κ1) is 19.1. The number of hydrogen-bond acceptors (Lipinski definition) is 4. The fraction of sp³-hybridized carbons (Fsp3) is 0.556. The Bertz CT molecular complexity index is 647. The number of urea groups is 1. The third kappa shape index (κ3) is 4.42. The van der Waals surface area contributed by atoms with Crippen molar-refractivity contribution < 1.29 is 14.3 Å². The summed E-state index contributed by atoms with van der Waals surface area (Å²) in [6.07, 6.45) is 0.785. The van der Waals surface area contributed by atoms with Gasteiger partial charge in [0.2, 0.25) is 0 Å². The van der Waals surface area contributed by atoms with Gasteiger partial charge in [-0.25, -0.2) is 4.79 Å². The zero-order valence-corrected chi connectivity index (χ0v) is 15.4. The summed E-state index contributed by atoms with van der Waals surface area (Å²) in [6.45, 7) is 7.60. The lowest BCUT2D eigenvalue weighted by Crippen LogP contribution is -2.52. The Kier molecular flexibility index (Phi) is 5.89. The number of carbonyl (C=O) groups excluding carboxylic acids is 2. The van der Waals surface area contributed by atoms with Crippen LogP contribution in [0.3, 0.4) is 0 Å². The normalized spacial score (nSPS) is 16.6. The van der Waals surface area contributed by atoms with Gasteiger partial charge in [0.1, 0.15) is 5.75 Å². The van der Waals surface area contributed by atoms with E-state index in [9.17, 15) is 9.59 Å². The highest BCUT2D eigenvalue weighted by atomic mass is 16.5. The van der Waals surface area contributed by atoms with Gasteiger partial charge in [-0.2, -0.15) is 0 Å². The molecule has 0 spiro atoms. The van der Waals surface area contributed by atoms with E-state index in [1.165, 1.54) is 0 Å². The van der Waals surface area contributed by atoms with Crippen LogP contribution in [-0.2, 0) is 0 Å². The van der Waals surface area contributed by atoms with Gasteiger partial charge in [-0.1, -0.05) is 13.8 Å². The molecule has 138 valence electrons. The van der Waals surface area contributed by atoms with E-state index in [-0.39, 0.29) is 11.9 Å². The largest absolute Gasteiger partial charge is 0.495 e. The van der Waals surface area contributed by atoms with Gasteiger partial charge in [-0.15, -0.1) is 0 Å². The van der Waals surface area contributed by atoms with E-state index in [2.05, 4.69) is 24.5 Å². The second-order valence-electron chi connectivity index (χ2n) is 7.09. The summed E-state index contributed by atoms with van der Waals surface area (Å²) in [5, 5.41) is 5.78. The van der Waals surface area contributed by atoms with Gasteiger partial charge >= 0.3 is 6.03 Å². The van der Waals surface area contributed by atoms with Crippen molar-refractivity contribution in [1.29, 1.82) is 0 Å². The molecule has 0 saturated carbocycles. The molecule has 7 nitrogen and oxygen atoms in total. The molecule has 1 aliphatic heterocycles. The maximum atomic E-state index is 12.7. The molecule has 0 aliphatic carbocycles. The van der Waals surface area contributed by atoms with Crippen molar-refractivity contribution >= 4 is 17.6 Å². The van der Waals surface area contributed by atoms with Crippen LogP contribution in [0.4, 0.5) is 10.5 Å². The third-order valence-electron chi connectivity index (χ3n) is 4.31. The third-order valence-corrected chi connectivity index (χ3v) is 4.31. The number of ether oxygens (including phenoxy) is 1. The van der Waals surface area contributed by atoms with Crippen LogP contribution in [0.1, 0.15) is 37.6 Å². The molecule has 2 rings (SSSR count). The molecule has 1 heterocycles. The first-order chi connectivity index (χ1) is 11.8. The number of nitrogens with zero attached hydrogens (tertiary/aromatic N) is 1. The Labute approximate surface area is 148 Å². The first-order valence-corrected chi connectivity index (χ1v) is 8.55. The molecule has 1 aromatic rings. The summed E-state index contributed by atoms with van der Waals surface area (Å²) in [5.74, 6) is 0.753. The summed E-state index contributed by atoms with van der Waals surface area (Å²) >= 11 is 0. The zero-order valence-electron chi connectivity index (χ0n) is 15.4. The number of anilines is 1. The molecular formula is C18H28N4O3. The lowest BCUT2D eigenvalue weighted by Gasteiger charge is -2.31. The number of amides is 3. The van der Waals surface area contributed by atoms with Crippen LogP contribution in [0.2, 0.25) is 0 Å². The lowest BCUT2D eigenvalue weighted by atomic mass is 9.90. The summed E-state index contributed by atoms with van der Waals surface area (Å²) < 4.78 is 5.34. The van der Waals surface area contributed by atoms with Crippen LogP contribution in [-0.4, -0.2) is 44.2 Å². The average Bonchev–Trinajstić information content (AvgIpc) is 2.99. The fourth-order valence-corrected chi connectivity index (χ4v) is 3.18. The van der Waals surface area contributed by atoms with E-state index in [1.54, 1.807) is 30.2 Å². The SMILES string of the molecule is COc1ccc(C(=O)NC(C)(CN)CC(C)C)cc1N1CCNC1=O. The number of methoxy groups -OCH3 is 1. The molecule has 1 fully saturated rings. The summed E-state index contributed by atoms with van der Waals surface area (Å²) in [4.78, 5) is 26.3. The fourth-order valence-electron chi connectivity index (χ4n) is 3.18. The predicted molar refractivity (Wildman–Crippen MR) is 98.1 cm³/mol. The predicted octanol–water partition coefficient (Wildman–Crippen LogP) is 1.72. The summed E-state index contributed by atoms with van der Waals surface area (Å²) in [7, 11) is 1.54. The molecule has 0 bridgehead atoms. The van der Waals surface area contributed by atoms with E-state index in [1.807, 2.05) is 6.92 Å². The van der Waals surface area contributed by atoms with Gasteiger partial charge in [-0.05, 0) is 37.5 Å². The number of nitrogens with two attached hydrogens (primary N) is 1. The minimum absolute atomic E-state index is 0.192. The second kappa shape index (κ2) is 7.74. The van der Waals surface area contributed by atoms with Crippen LogP contribution in [0.25, 0.3) is 0 Å². The first-order valence-electron chi connectivity index (χ1n) is 8.55. The topological polar surface area (TPSA) is 96.7 Å². The van der Waals surface area contributed by atoms with Crippen molar-refractivity contribution in [1.82, 2.24) is 10.6 Å². The van der Waals surface area contributed by atoms with E-state index in [0.717, 1.165) is 6.42 Å². The van der Waals surface area contributed by atoms with Crippen molar-refractivity contribution in [2.75, 3.05) is 31.6 Å². The Balaban J connectivity index is 2.27. The highest BCUT2D eigenvalue weighted by molar-refractivity contribution is 6.00. The number of hydrogen-bond donors (Lipinski definition) is 3. The molecule has 1 aromatic carbocycles. The van der Waals surface area contributed by atoms with Crippen LogP contribution in [0.15, 0.2) is 18.2 Å². The highest BCUT2D eigenvalue weighted by Crippen LogP contribution is 2.30. The minimum atomic E-state index is -0.476. The average molecular weight is 348 g/mol. The van der Waals surface area contributed by atoms with Gasteiger partial charge in [0.05, 0.1) is 12.8 Å². The Morgan fingerprint density at radius 3 is 2.72 bits per heavy atom. The number of rotatable bonds is 7. The number of nitrogens with one attached hydrogen (secondary N) is 2. The van der Waals surface area contributed by atoms with E-state index < -0.39 is 5.54 Å². The molecule has 0 aromatic heterocycles. The Morgan fingerprint density at radius 2 is 2.20 bits per heavy atom. The van der Waals surface area contributed by atoms with Crippen LogP contribution < -0.4 is 26.0 Å². The molecule has 7 heteroatoms. The lowest BCUT2D eigenvalue weighted by molar-refractivity contribution is 0.0898. The standard InChI is InChI=1S/C18H28N4O3/c1-12(2)10-18(3,11-19)21-16(23)13-5-6-15(25-4)14(9-13)22-8-7-20-17(22)24/h5-6,9,12H,7-8,10-11,19H2,1-4H3,(H,20,24)(H,21,23). The molecule has 1 aliphatic rings. The van der Waals surface area contributed by atoms with Gasteiger partial charge in [0, 0.05) is 30.7 Å². The van der Waals surface area contributed by atoms with E-state index in [4.69, 9.17) is 10.5 Å². The van der Waals surface area contributed by atoms with Crippen molar-refractivity contribution in [3.8, 4) is 5.75 Å². The van der Waals surface area contributed by atoms with Gasteiger partial charge in [0.25, 0.3) is 5.91 Å². The Hall–Kier alpha value is -2.28. The molecule has 4 N–H and O–H groups in total. The molecular weight excluding hydrogens is 320 g/mol. The van der Waals surface area contributed by atoms with E-state index in [0.29, 0.717) is 42.6 Å². The number of carbonyl (C=O) groups is 2. The van der Waals surface area contributed by atoms with E-state index >= 15 is 0 Å². The molecule has 0 radical (unpaired) electrons. The van der Waals surface area contributed by atoms with Crippen LogP contribution in [0, 0.1) is 5.92 Å². The summed E-state index contributed by atoms with van der Waals surface area (Å²) in [6, 6.07) is 4.89. The number of benzene rings is 1. The maximum Gasteiger partial charge on any atom is 0.322 e. The van der Waals surface area contributed by atoms with Crippen LogP contribution >= 0.6 is 0 Å². The molecule has 1 atom stereocenters. The molecule has 1 unspecified atom stereocenters. The van der Waals surface area contributed by atoms with Gasteiger partial charge < -0.3 is 21.1 Å². The highest BCUT2D eigenvalue weighted by Gasteiger charge is 2.28. The monoisotopic (exact) mass is 348 g/mol. The quantitative estimate of drug-likeness (QED) is 0.699. The van der Waals surface area contributed by atoms with Crippen molar-refractivity contribution in [3.05, 3.63) is 23.8 Å². The smallest absolute Gasteiger partial charge is 0.322 e. The van der Waals surface area contributed by atoms with Gasteiger partial charge in [0.15, 0.2) is 0 Å². The molecule has 25 heavy (non-hydrogen) atoms. The van der Waals surface area contributed by atoms with Crippen molar-refractivity contribution in [2.24, 2.45) is 11.7 Å². The maximum absolute atomic E-state index is 12.7. The van der Waals surface area contributed by atoms with Crippen molar-refractivity contribution in [2.45, 2.75) is 32.7 Å². The molecule has 3 amide bonds. The van der Waals surface area contributed by atoms with Crippen molar-refractivity contribution in [3.63, 3.8) is 0 Å². The second-order valence-corrected chi connectivity index (χ2v) is 7.09. The Morgan fingerprint density at radius 1 is 1.48 bits per heavy atom. The van der Waals surface area contributed by atoms with Crippen LogP contribution in [0.5, 0.6) is 5.75 Å².